The summed E-state index contributed by atoms with van der Waals surface area (Å²) >= 11 is 5.85. The number of carboxylic acid groups (broad SMARTS) is 1. The first-order chi connectivity index (χ1) is 10.1. The Balaban J connectivity index is 3.67. The molecule has 0 bridgehead atoms. The molecule has 0 spiro atoms. The summed E-state index contributed by atoms with van der Waals surface area (Å²) in [5.74, 6) is -2.08. The lowest BCUT2D eigenvalue weighted by Crippen LogP contribution is -2.27. The van der Waals surface area contributed by atoms with Crippen molar-refractivity contribution in [1.29, 1.82) is 0 Å². The Morgan fingerprint density at radius 1 is 1.18 bits per heavy atom. The number of rotatable bonds is 4. The van der Waals surface area contributed by atoms with Crippen LogP contribution in [0.15, 0.2) is 17.8 Å². The van der Waals surface area contributed by atoms with Gasteiger partial charge in [-0.1, -0.05) is 0 Å². The maximum Gasteiger partial charge on any atom is 0.337 e. The zero-order valence-corrected chi connectivity index (χ0v) is 18.0. The first-order valence-electron chi connectivity index (χ1n) is 5.76. The SMILES string of the molecule is CC(=O)N(C=C(C)C(N)=O)c1c(I)cc(I)c(C(=O)O)c1I. The fourth-order valence-corrected chi connectivity index (χ4v) is 5.92. The van der Waals surface area contributed by atoms with Gasteiger partial charge in [0.05, 0.1) is 14.8 Å². The summed E-state index contributed by atoms with van der Waals surface area (Å²) in [6, 6.07) is 1.67. The topological polar surface area (TPSA) is 101 Å². The molecule has 2 amide bonds. The highest BCUT2D eigenvalue weighted by molar-refractivity contribution is 14.1. The fraction of sp³-hybridized carbons (Fsp3) is 0.154. The van der Waals surface area contributed by atoms with Crippen LogP contribution in [-0.4, -0.2) is 22.9 Å². The maximum atomic E-state index is 11.9. The average molecular weight is 640 g/mol. The van der Waals surface area contributed by atoms with Crippen LogP contribution in [0.25, 0.3) is 0 Å². The number of carbonyl (C=O) groups is 3. The van der Waals surface area contributed by atoms with Crippen molar-refractivity contribution >= 4 is 91.2 Å². The zero-order valence-electron chi connectivity index (χ0n) is 11.5. The molecule has 1 aromatic rings. The number of halogens is 3. The minimum Gasteiger partial charge on any atom is -0.478 e. The molecule has 3 N–H and O–H groups in total. The number of hydrogen-bond donors (Lipinski definition) is 2. The van der Waals surface area contributed by atoms with Gasteiger partial charge in [0.2, 0.25) is 11.8 Å². The molecule has 9 heteroatoms. The van der Waals surface area contributed by atoms with Crippen molar-refractivity contribution in [2.75, 3.05) is 4.90 Å². The molecule has 0 aromatic heterocycles. The lowest BCUT2D eigenvalue weighted by atomic mass is 10.2. The van der Waals surface area contributed by atoms with E-state index in [4.69, 9.17) is 5.73 Å². The van der Waals surface area contributed by atoms with E-state index in [2.05, 4.69) is 0 Å². The van der Waals surface area contributed by atoms with Crippen molar-refractivity contribution in [1.82, 2.24) is 0 Å². The third kappa shape index (κ3) is 4.31. The van der Waals surface area contributed by atoms with Gasteiger partial charge < -0.3 is 10.8 Å². The smallest absolute Gasteiger partial charge is 0.337 e. The number of hydrogen-bond acceptors (Lipinski definition) is 3. The second-order valence-electron chi connectivity index (χ2n) is 4.25. The number of primary amides is 1. The maximum absolute atomic E-state index is 11.9. The molecule has 0 atom stereocenters. The quantitative estimate of drug-likeness (QED) is 0.391. The summed E-state index contributed by atoms with van der Waals surface area (Å²) in [6.45, 7) is 2.82. The lowest BCUT2D eigenvalue weighted by molar-refractivity contribution is -0.116. The molecule has 0 fully saturated rings. The molecule has 22 heavy (non-hydrogen) atoms. The van der Waals surface area contributed by atoms with E-state index in [1.165, 1.54) is 24.9 Å². The average Bonchev–Trinajstić information content (AvgIpc) is 2.35. The normalized spacial score (nSPS) is 11.2. The Morgan fingerprint density at radius 3 is 2.14 bits per heavy atom. The van der Waals surface area contributed by atoms with Crippen LogP contribution in [0.5, 0.6) is 0 Å². The van der Waals surface area contributed by atoms with Crippen LogP contribution in [0, 0.1) is 10.7 Å². The second-order valence-corrected chi connectivity index (χ2v) is 7.65. The molecule has 0 saturated heterocycles. The Hall–Kier alpha value is -0.440. The molecular weight excluding hydrogens is 629 g/mol. The van der Waals surface area contributed by atoms with E-state index in [-0.39, 0.29) is 17.0 Å². The number of nitrogens with two attached hydrogens (primary N) is 1. The summed E-state index contributed by atoms with van der Waals surface area (Å²) in [5, 5.41) is 9.35. The number of amides is 2. The van der Waals surface area contributed by atoms with Gasteiger partial charge in [0.15, 0.2) is 0 Å². The lowest BCUT2D eigenvalue weighted by Gasteiger charge is -2.22. The van der Waals surface area contributed by atoms with Gasteiger partial charge in [0.25, 0.3) is 0 Å². The Labute approximate surface area is 167 Å². The molecule has 1 rings (SSSR count). The highest BCUT2D eigenvalue weighted by Gasteiger charge is 2.24. The molecule has 0 aliphatic rings. The van der Waals surface area contributed by atoms with Crippen molar-refractivity contribution in [2.45, 2.75) is 13.8 Å². The number of aromatic carboxylic acids is 1. The molecule has 118 valence electrons. The summed E-state index contributed by atoms with van der Waals surface area (Å²) < 4.78 is 1.69. The van der Waals surface area contributed by atoms with Crippen LogP contribution in [0.3, 0.4) is 0 Å². The molecule has 0 heterocycles. The predicted molar refractivity (Wildman–Crippen MR) is 108 cm³/mol. The number of anilines is 1. The molecule has 0 unspecified atom stereocenters. The van der Waals surface area contributed by atoms with E-state index in [9.17, 15) is 19.5 Å². The fourth-order valence-electron chi connectivity index (χ4n) is 1.57. The summed E-state index contributed by atoms with van der Waals surface area (Å²) in [7, 11) is 0. The van der Waals surface area contributed by atoms with E-state index >= 15 is 0 Å². The van der Waals surface area contributed by atoms with Gasteiger partial charge in [-0.3, -0.25) is 14.5 Å². The van der Waals surface area contributed by atoms with Crippen molar-refractivity contribution in [3.05, 3.63) is 34.1 Å². The summed E-state index contributed by atoms with van der Waals surface area (Å²) in [5.41, 5.74) is 5.93. The molecule has 6 nitrogen and oxygen atoms in total. The van der Waals surface area contributed by atoms with Gasteiger partial charge in [-0.15, -0.1) is 0 Å². The zero-order chi connectivity index (χ0) is 17.2. The third-order valence-corrected chi connectivity index (χ3v) is 5.37. The van der Waals surface area contributed by atoms with Crippen LogP contribution in [0.2, 0.25) is 0 Å². The third-order valence-electron chi connectivity index (χ3n) is 2.65. The predicted octanol–water partition coefficient (Wildman–Crippen LogP) is 2.94. The first kappa shape index (κ1) is 19.6. The summed E-state index contributed by atoms with van der Waals surface area (Å²) in [4.78, 5) is 35.8. The molecule has 0 radical (unpaired) electrons. The monoisotopic (exact) mass is 640 g/mol. The Bertz CT molecular complexity index is 701. The van der Waals surface area contributed by atoms with Gasteiger partial charge >= 0.3 is 5.97 Å². The van der Waals surface area contributed by atoms with Crippen molar-refractivity contribution in [2.24, 2.45) is 5.73 Å². The van der Waals surface area contributed by atoms with E-state index in [1.807, 2.05) is 67.8 Å². The number of benzene rings is 1. The molecule has 1 aromatic carbocycles. The standard InChI is InChI=1S/C13H11I3N2O4/c1-5(12(17)20)4-18(6(2)19)11-8(15)3-7(14)9(10(11)16)13(21)22/h3-4H,1-2H3,(H2,17,20)(H,21,22). The second kappa shape index (κ2) is 7.90. The number of carbonyl (C=O) groups excluding carboxylic acids is 2. The number of carboxylic acids is 1. The van der Waals surface area contributed by atoms with E-state index in [0.717, 1.165) is 0 Å². The molecule has 0 aliphatic carbocycles. The van der Waals surface area contributed by atoms with Gasteiger partial charge in [0, 0.05) is 25.8 Å². The van der Waals surface area contributed by atoms with Gasteiger partial charge in [-0.25, -0.2) is 4.79 Å². The number of nitrogens with zero attached hydrogens (tertiary/aromatic N) is 1. The van der Waals surface area contributed by atoms with Crippen LogP contribution in [0.4, 0.5) is 5.69 Å². The minimum absolute atomic E-state index is 0.119. The first-order valence-corrected chi connectivity index (χ1v) is 9.00. The van der Waals surface area contributed by atoms with Crippen LogP contribution in [-0.2, 0) is 9.59 Å². The van der Waals surface area contributed by atoms with Crippen LogP contribution >= 0.6 is 67.8 Å². The molecule has 0 saturated carbocycles. The van der Waals surface area contributed by atoms with Crippen LogP contribution < -0.4 is 10.6 Å². The highest BCUT2D eigenvalue weighted by atomic mass is 127. The Morgan fingerprint density at radius 2 is 1.73 bits per heavy atom. The van der Waals surface area contributed by atoms with Gasteiger partial charge in [-0.05, 0) is 80.8 Å². The van der Waals surface area contributed by atoms with Gasteiger partial charge in [0.1, 0.15) is 0 Å². The van der Waals surface area contributed by atoms with E-state index in [0.29, 0.717) is 16.4 Å². The highest BCUT2D eigenvalue weighted by Crippen LogP contribution is 2.35. The Kier molecular flexibility index (Phi) is 7.04. The van der Waals surface area contributed by atoms with Crippen molar-refractivity contribution in [3.63, 3.8) is 0 Å². The largest absolute Gasteiger partial charge is 0.478 e. The van der Waals surface area contributed by atoms with Gasteiger partial charge in [-0.2, -0.15) is 0 Å². The molecule has 0 aliphatic heterocycles. The van der Waals surface area contributed by atoms with E-state index in [1.54, 1.807) is 6.07 Å². The molecular formula is C13H11I3N2O4. The minimum atomic E-state index is -1.08. The van der Waals surface area contributed by atoms with Crippen LogP contribution in [0.1, 0.15) is 24.2 Å². The van der Waals surface area contributed by atoms with Crippen molar-refractivity contribution < 1.29 is 19.5 Å². The van der Waals surface area contributed by atoms with Crippen molar-refractivity contribution in [3.8, 4) is 0 Å². The summed E-state index contributed by atoms with van der Waals surface area (Å²) in [6.07, 6.45) is 1.32. The van der Waals surface area contributed by atoms with E-state index < -0.39 is 11.9 Å².